The third kappa shape index (κ3) is 3.07. The summed E-state index contributed by atoms with van der Waals surface area (Å²) in [5.41, 5.74) is 2.06. The van der Waals surface area contributed by atoms with Gasteiger partial charge in [-0.25, -0.2) is 0 Å². The molecule has 0 amide bonds. The molecule has 128 valence electrons. The number of hydrogen-bond acceptors (Lipinski definition) is 3. The van der Waals surface area contributed by atoms with Crippen molar-refractivity contribution in [3.8, 4) is 0 Å². The molecule has 0 radical (unpaired) electrons. The van der Waals surface area contributed by atoms with Crippen LogP contribution < -0.4 is 0 Å². The van der Waals surface area contributed by atoms with Gasteiger partial charge in [0, 0.05) is 23.8 Å². The Morgan fingerprint density at radius 1 is 1.39 bits per heavy atom. The van der Waals surface area contributed by atoms with Gasteiger partial charge >= 0.3 is 0 Å². The van der Waals surface area contributed by atoms with Crippen LogP contribution in [0.15, 0.2) is 23.8 Å². The first-order valence-electron chi connectivity index (χ1n) is 7.80. The van der Waals surface area contributed by atoms with Crippen molar-refractivity contribution in [3.63, 3.8) is 0 Å². The van der Waals surface area contributed by atoms with E-state index in [2.05, 4.69) is 68.2 Å². The highest BCUT2D eigenvalue weighted by molar-refractivity contribution is 9.39. The van der Waals surface area contributed by atoms with E-state index >= 15 is 0 Å². The molecule has 6 heteroatoms. The number of carbonyl (C=O) groups excluding carboxylic acids is 1. The Balaban J connectivity index is 1.75. The SMILES string of the molecule is C=CCC1=C(C)[C@@H](O[C@@H]2O[C@@H](C(Br)(Br)Br)[C@H]3[C@@H]2C3(C)C)CC1=O. The predicted molar refractivity (Wildman–Crippen MR) is 101 cm³/mol. The van der Waals surface area contributed by atoms with E-state index in [-0.39, 0.29) is 29.7 Å². The number of hydrogen-bond donors (Lipinski definition) is 0. The molecular formula is C17H21Br3O3. The highest BCUT2D eigenvalue weighted by Gasteiger charge is 2.73. The molecule has 1 heterocycles. The number of carbonyl (C=O) groups is 1. The van der Waals surface area contributed by atoms with Crippen LogP contribution in [0.3, 0.4) is 0 Å². The van der Waals surface area contributed by atoms with Gasteiger partial charge < -0.3 is 9.47 Å². The largest absolute Gasteiger partial charge is 0.345 e. The first-order valence-corrected chi connectivity index (χ1v) is 10.2. The van der Waals surface area contributed by atoms with E-state index < -0.39 is 2.14 Å². The summed E-state index contributed by atoms with van der Waals surface area (Å²) in [6, 6.07) is 0. The van der Waals surface area contributed by atoms with E-state index in [4.69, 9.17) is 9.47 Å². The Labute approximate surface area is 162 Å². The Morgan fingerprint density at radius 2 is 2.04 bits per heavy atom. The molecule has 2 aliphatic carbocycles. The van der Waals surface area contributed by atoms with E-state index in [9.17, 15) is 4.79 Å². The average molecular weight is 513 g/mol. The summed E-state index contributed by atoms with van der Waals surface area (Å²) in [6.07, 6.45) is 2.33. The second-order valence-electron chi connectivity index (χ2n) is 7.25. The fourth-order valence-corrected chi connectivity index (χ4v) is 5.30. The summed E-state index contributed by atoms with van der Waals surface area (Å²) in [5.74, 6) is 0.940. The number of allylic oxidation sites excluding steroid dienone is 2. The summed E-state index contributed by atoms with van der Waals surface area (Å²) in [6.45, 7) is 10.2. The van der Waals surface area contributed by atoms with Crippen LogP contribution in [0.25, 0.3) is 0 Å². The molecule has 0 N–H and O–H groups in total. The molecule has 1 aliphatic heterocycles. The average Bonchev–Trinajstić information content (AvgIpc) is 2.72. The van der Waals surface area contributed by atoms with Gasteiger partial charge in [0.1, 0.15) is 0 Å². The molecule has 23 heavy (non-hydrogen) atoms. The first-order chi connectivity index (χ1) is 10.6. The number of ketones is 1. The maximum absolute atomic E-state index is 12.2. The van der Waals surface area contributed by atoms with Crippen molar-refractivity contribution in [2.24, 2.45) is 17.3 Å². The summed E-state index contributed by atoms with van der Waals surface area (Å²) >= 11 is 10.8. The molecule has 0 aromatic carbocycles. The van der Waals surface area contributed by atoms with Gasteiger partial charge in [-0.05, 0) is 24.3 Å². The minimum atomic E-state index is -0.452. The lowest BCUT2D eigenvalue weighted by Gasteiger charge is -2.30. The molecule has 0 spiro atoms. The van der Waals surface area contributed by atoms with Gasteiger partial charge in [0.2, 0.25) is 0 Å². The number of Topliss-reactive ketones (excluding diaryl/α,β-unsaturated/α-hetero) is 1. The van der Waals surface area contributed by atoms with E-state index in [1.165, 1.54) is 0 Å². The molecular weight excluding hydrogens is 492 g/mol. The predicted octanol–water partition coefficient (Wildman–Crippen LogP) is 5.07. The Hall–Kier alpha value is 0.510. The zero-order chi connectivity index (χ0) is 17.2. The van der Waals surface area contributed by atoms with Crippen LogP contribution in [-0.2, 0) is 14.3 Å². The summed E-state index contributed by atoms with van der Waals surface area (Å²) in [5, 5.41) is 0. The maximum atomic E-state index is 12.2. The zero-order valence-corrected chi connectivity index (χ0v) is 18.2. The first kappa shape index (κ1) is 18.3. The quantitative estimate of drug-likeness (QED) is 0.389. The normalized spacial score (nSPS) is 38.9. The maximum Gasteiger partial charge on any atom is 0.162 e. The lowest BCUT2D eigenvalue weighted by atomic mass is 10.1. The molecule has 0 aromatic rings. The lowest BCUT2D eigenvalue weighted by Crippen LogP contribution is -2.35. The Bertz CT molecular complexity index is 576. The summed E-state index contributed by atoms with van der Waals surface area (Å²) in [7, 11) is 0. The summed E-state index contributed by atoms with van der Waals surface area (Å²) < 4.78 is 11.9. The van der Waals surface area contributed by atoms with Crippen molar-refractivity contribution in [1.29, 1.82) is 0 Å². The number of alkyl halides is 3. The van der Waals surface area contributed by atoms with Gasteiger partial charge in [-0.3, -0.25) is 4.79 Å². The number of rotatable bonds is 4. The number of ether oxygens (including phenoxy) is 2. The molecule has 3 aliphatic rings. The fraction of sp³-hybridized carbons (Fsp3) is 0.706. The smallest absolute Gasteiger partial charge is 0.162 e. The number of halogens is 3. The molecule has 3 nitrogen and oxygen atoms in total. The van der Waals surface area contributed by atoms with Crippen LogP contribution in [0.2, 0.25) is 0 Å². The van der Waals surface area contributed by atoms with Crippen LogP contribution in [0, 0.1) is 17.3 Å². The van der Waals surface area contributed by atoms with E-state index in [1.807, 2.05) is 6.92 Å². The van der Waals surface area contributed by atoms with Crippen LogP contribution in [0.5, 0.6) is 0 Å². The van der Waals surface area contributed by atoms with Crippen molar-refractivity contribution in [1.82, 2.24) is 0 Å². The van der Waals surface area contributed by atoms with Crippen molar-refractivity contribution in [3.05, 3.63) is 23.8 Å². The van der Waals surface area contributed by atoms with Crippen molar-refractivity contribution in [2.75, 3.05) is 0 Å². The van der Waals surface area contributed by atoms with Gasteiger partial charge in [-0.1, -0.05) is 67.7 Å². The van der Waals surface area contributed by atoms with Crippen LogP contribution in [0.1, 0.15) is 33.6 Å². The van der Waals surface area contributed by atoms with Gasteiger partial charge in [0.15, 0.2) is 14.2 Å². The molecule has 0 aromatic heterocycles. The highest BCUT2D eigenvalue weighted by Crippen LogP contribution is 2.70. The minimum absolute atomic E-state index is 0.0264. The van der Waals surface area contributed by atoms with Gasteiger partial charge in [0.05, 0.1) is 12.2 Å². The van der Waals surface area contributed by atoms with Crippen molar-refractivity contribution >= 4 is 53.6 Å². The Morgan fingerprint density at radius 3 is 2.57 bits per heavy atom. The fourth-order valence-electron chi connectivity index (χ4n) is 4.12. The summed E-state index contributed by atoms with van der Waals surface area (Å²) in [4.78, 5) is 12.2. The van der Waals surface area contributed by atoms with Gasteiger partial charge in [-0.15, -0.1) is 6.58 Å². The topological polar surface area (TPSA) is 35.5 Å². The zero-order valence-electron chi connectivity index (χ0n) is 13.4. The minimum Gasteiger partial charge on any atom is -0.345 e. The van der Waals surface area contributed by atoms with Crippen molar-refractivity contribution in [2.45, 2.75) is 54.3 Å². The molecule has 0 unspecified atom stereocenters. The second-order valence-corrected chi connectivity index (χ2v) is 14.2. The van der Waals surface area contributed by atoms with E-state index in [0.717, 1.165) is 11.1 Å². The van der Waals surface area contributed by atoms with Crippen LogP contribution >= 0.6 is 47.8 Å². The third-order valence-corrected chi connectivity index (χ3v) is 6.89. The van der Waals surface area contributed by atoms with Crippen LogP contribution in [0.4, 0.5) is 0 Å². The molecule has 2 fully saturated rings. The third-order valence-electron chi connectivity index (χ3n) is 5.53. The molecule has 0 bridgehead atoms. The van der Waals surface area contributed by atoms with Gasteiger partial charge in [-0.2, -0.15) is 0 Å². The van der Waals surface area contributed by atoms with E-state index in [0.29, 0.717) is 24.7 Å². The van der Waals surface area contributed by atoms with Crippen LogP contribution in [-0.4, -0.2) is 26.4 Å². The molecule has 1 saturated heterocycles. The van der Waals surface area contributed by atoms with Crippen molar-refractivity contribution < 1.29 is 14.3 Å². The molecule has 5 atom stereocenters. The number of fused-ring (bicyclic) bond motifs is 1. The molecule has 1 saturated carbocycles. The second kappa shape index (κ2) is 6.04. The monoisotopic (exact) mass is 510 g/mol. The standard InChI is InChI=1S/C17H21Br3O3/c1-5-6-9-8(2)11(7-10(9)21)22-15-13-12(16(13,3)4)14(23-15)17(18,19)20/h5,11-15H,1,6-7H2,2-4H3/t11-,12+,13-,14+,15+/m0/s1. The van der Waals surface area contributed by atoms with E-state index in [1.54, 1.807) is 6.08 Å². The molecule has 3 rings (SSSR count). The lowest BCUT2D eigenvalue weighted by molar-refractivity contribution is -0.179. The van der Waals surface area contributed by atoms with Gasteiger partial charge in [0.25, 0.3) is 0 Å². The highest BCUT2D eigenvalue weighted by atomic mass is 80.0. The Kier molecular flexibility index (Phi) is 4.81.